The number of benzene rings is 1. The molecule has 1 fully saturated rings. The molecule has 0 radical (unpaired) electrons. The van der Waals surface area contributed by atoms with Crippen LogP contribution >= 0.6 is 35.3 Å². The number of hydrogen-bond acceptors (Lipinski definition) is 5. The predicted octanol–water partition coefficient (Wildman–Crippen LogP) is 4.80. The van der Waals surface area contributed by atoms with Crippen LogP contribution in [0, 0.1) is 5.92 Å². The minimum absolute atomic E-state index is 0. The van der Waals surface area contributed by atoms with Gasteiger partial charge in [-0.2, -0.15) is 0 Å². The van der Waals surface area contributed by atoms with Crippen LogP contribution in [-0.2, 0) is 22.6 Å². The molecule has 1 saturated carbocycles. The molecule has 7 nitrogen and oxygen atoms in total. The highest BCUT2D eigenvalue weighted by Crippen LogP contribution is 2.27. The minimum Gasteiger partial charge on any atom is -0.375 e. The monoisotopic (exact) mass is 571 g/mol. The Bertz CT molecular complexity index is 900. The fraction of sp³-hybridized carbons (Fsp3) is 0.522. The number of ether oxygens (including phenoxy) is 1. The number of halogens is 1. The van der Waals surface area contributed by atoms with Crippen molar-refractivity contribution in [2.45, 2.75) is 52.3 Å². The minimum atomic E-state index is 0. The molecule has 1 aromatic heterocycles. The first kappa shape index (κ1) is 26.5. The highest BCUT2D eigenvalue weighted by atomic mass is 127. The van der Waals surface area contributed by atoms with Gasteiger partial charge in [-0.1, -0.05) is 18.6 Å². The molecule has 9 heteroatoms. The van der Waals surface area contributed by atoms with Crippen LogP contribution in [0.5, 0.6) is 0 Å². The van der Waals surface area contributed by atoms with Crippen LogP contribution in [0.25, 0.3) is 0 Å². The van der Waals surface area contributed by atoms with E-state index < -0.39 is 0 Å². The van der Waals surface area contributed by atoms with Crippen molar-refractivity contribution in [3.05, 3.63) is 45.9 Å². The predicted molar refractivity (Wildman–Crippen MR) is 142 cm³/mol. The molecule has 2 N–H and O–H groups in total. The van der Waals surface area contributed by atoms with Gasteiger partial charge in [-0.3, -0.25) is 4.79 Å². The highest BCUT2D eigenvalue weighted by Gasteiger charge is 2.25. The molecule has 176 valence electrons. The second-order valence-electron chi connectivity index (χ2n) is 7.90. The SMILES string of the molecule is CCNC(=NCc1cccc(NC(=O)C2CCC2)c1)N(C)Cc1csc(C(C)OC)n1.I. The van der Waals surface area contributed by atoms with Gasteiger partial charge in [-0.25, -0.2) is 9.98 Å². The summed E-state index contributed by atoms with van der Waals surface area (Å²) in [6, 6.07) is 7.93. The number of carbonyl (C=O) groups is 1. The molecule has 32 heavy (non-hydrogen) atoms. The lowest BCUT2D eigenvalue weighted by Gasteiger charge is -2.24. The zero-order chi connectivity index (χ0) is 22.2. The normalized spacial score (nSPS) is 14.8. The molecule has 0 aliphatic heterocycles. The Balaban J connectivity index is 0.00000363. The van der Waals surface area contributed by atoms with Crippen molar-refractivity contribution in [1.29, 1.82) is 0 Å². The Morgan fingerprint density at radius 1 is 1.41 bits per heavy atom. The molecule has 1 amide bonds. The summed E-state index contributed by atoms with van der Waals surface area (Å²) in [5, 5.41) is 9.43. The van der Waals surface area contributed by atoms with Gasteiger partial charge < -0.3 is 20.3 Å². The lowest BCUT2D eigenvalue weighted by atomic mass is 9.85. The van der Waals surface area contributed by atoms with E-state index in [-0.39, 0.29) is 41.9 Å². The van der Waals surface area contributed by atoms with Gasteiger partial charge in [0.25, 0.3) is 0 Å². The van der Waals surface area contributed by atoms with Gasteiger partial charge in [0, 0.05) is 37.7 Å². The Hall–Kier alpha value is -1.72. The molecule has 1 aliphatic rings. The van der Waals surface area contributed by atoms with Crippen LogP contribution in [0.3, 0.4) is 0 Å². The third-order valence-corrected chi connectivity index (χ3v) is 6.50. The van der Waals surface area contributed by atoms with Crippen LogP contribution in [0.15, 0.2) is 34.6 Å². The maximum atomic E-state index is 12.2. The first-order valence-corrected chi connectivity index (χ1v) is 11.7. The van der Waals surface area contributed by atoms with Crippen molar-refractivity contribution in [2.24, 2.45) is 10.9 Å². The standard InChI is InChI=1S/C23H33N5O2S.HI/c1-5-24-23(28(3)14-20-15-31-22(27-20)16(2)30-4)25-13-17-8-6-11-19(12-17)26-21(29)18-9-7-10-18;/h6,8,11-12,15-16,18H,5,7,9-10,13-14H2,1-4H3,(H,24,25)(H,26,29);1H. The number of nitrogens with one attached hydrogen (secondary N) is 2. The Labute approximate surface area is 212 Å². The van der Waals surface area contributed by atoms with E-state index in [1.165, 1.54) is 0 Å². The number of anilines is 1. The lowest BCUT2D eigenvalue weighted by Crippen LogP contribution is -2.38. The lowest BCUT2D eigenvalue weighted by molar-refractivity contribution is -0.122. The highest BCUT2D eigenvalue weighted by molar-refractivity contribution is 14.0. The molecule has 1 aliphatic carbocycles. The van der Waals surface area contributed by atoms with Crippen molar-refractivity contribution in [2.75, 3.05) is 26.0 Å². The van der Waals surface area contributed by atoms with Crippen LogP contribution < -0.4 is 10.6 Å². The number of thiazole rings is 1. The van der Waals surface area contributed by atoms with Crippen LogP contribution in [0.1, 0.15) is 55.5 Å². The molecule has 0 spiro atoms. The first-order valence-electron chi connectivity index (χ1n) is 10.9. The summed E-state index contributed by atoms with van der Waals surface area (Å²) < 4.78 is 5.36. The van der Waals surface area contributed by atoms with E-state index in [2.05, 4.69) is 32.8 Å². The molecular weight excluding hydrogens is 537 g/mol. The quantitative estimate of drug-likeness (QED) is 0.257. The summed E-state index contributed by atoms with van der Waals surface area (Å²) in [6.07, 6.45) is 3.15. The van der Waals surface area contributed by atoms with Crippen LogP contribution in [0.4, 0.5) is 5.69 Å². The van der Waals surface area contributed by atoms with E-state index in [1.807, 2.05) is 38.2 Å². The van der Waals surface area contributed by atoms with E-state index in [4.69, 9.17) is 9.73 Å². The fourth-order valence-electron chi connectivity index (χ4n) is 3.30. The van der Waals surface area contributed by atoms with Gasteiger partial charge >= 0.3 is 0 Å². The van der Waals surface area contributed by atoms with E-state index >= 15 is 0 Å². The molecule has 3 rings (SSSR count). The van der Waals surface area contributed by atoms with E-state index in [9.17, 15) is 4.79 Å². The van der Waals surface area contributed by atoms with Gasteiger partial charge in [0.05, 0.1) is 18.8 Å². The summed E-state index contributed by atoms with van der Waals surface area (Å²) in [4.78, 5) is 23.8. The third kappa shape index (κ3) is 7.41. The zero-order valence-electron chi connectivity index (χ0n) is 19.3. The number of hydrogen-bond donors (Lipinski definition) is 2. The summed E-state index contributed by atoms with van der Waals surface area (Å²) in [6.45, 7) is 6.03. The second kappa shape index (κ2) is 13.1. The third-order valence-electron chi connectivity index (χ3n) is 5.45. The second-order valence-corrected chi connectivity index (χ2v) is 8.79. The van der Waals surface area contributed by atoms with Crippen LogP contribution in [0.2, 0.25) is 0 Å². The van der Waals surface area contributed by atoms with E-state index in [0.29, 0.717) is 13.1 Å². The first-order chi connectivity index (χ1) is 15.0. The van der Waals surface area contributed by atoms with E-state index in [1.54, 1.807) is 18.4 Å². The van der Waals surface area contributed by atoms with Crippen molar-refractivity contribution in [3.63, 3.8) is 0 Å². The van der Waals surface area contributed by atoms with Gasteiger partial charge in [-0.15, -0.1) is 35.3 Å². The van der Waals surface area contributed by atoms with Gasteiger partial charge in [-0.05, 0) is 44.4 Å². The van der Waals surface area contributed by atoms with Gasteiger partial charge in [0.15, 0.2) is 5.96 Å². The zero-order valence-corrected chi connectivity index (χ0v) is 22.4. The molecule has 1 atom stereocenters. The average molecular weight is 572 g/mol. The molecular formula is C23H34IN5O2S. The number of carbonyl (C=O) groups excluding carboxylic acids is 1. The number of guanidine groups is 1. The molecule has 1 aromatic carbocycles. The average Bonchev–Trinajstić information content (AvgIpc) is 3.17. The van der Waals surface area contributed by atoms with Crippen molar-refractivity contribution < 1.29 is 9.53 Å². The Kier molecular flexibility index (Phi) is 10.9. The Morgan fingerprint density at radius 3 is 2.84 bits per heavy atom. The summed E-state index contributed by atoms with van der Waals surface area (Å²) in [5.41, 5.74) is 2.89. The van der Waals surface area contributed by atoms with Crippen molar-refractivity contribution in [1.82, 2.24) is 15.2 Å². The van der Waals surface area contributed by atoms with Crippen molar-refractivity contribution >= 4 is 52.9 Å². The van der Waals surface area contributed by atoms with Crippen LogP contribution in [-0.4, -0.2) is 42.5 Å². The summed E-state index contributed by atoms with van der Waals surface area (Å²) in [5.74, 6) is 1.12. The summed E-state index contributed by atoms with van der Waals surface area (Å²) in [7, 11) is 3.71. The Morgan fingerprint density at radius 2 is 2.19 bits per heavy atom. The molecule has 0 bridgehead atoms. The van der Waals surface area contributed by atoms with E-state index in [0.717, 1.165) is 53.7 Å². The van der Waals surface area contributed by atoms with Gasteiger partial charge in [0.1, 0.15) is 11.1 Å². The number of methoxy groups -OCH3 is 1. The van der Waals surface area contributed by atoms with Gasteiger partial charge in [0.2, 0.25) is 5.91 Å². The number of aromatic nitrogens is 1. The number of rotatable bonds is 9. The molecule has 1 unspecified atom stereocenters. The van der Waals surface area contributed by atoms with Crippen molar-refractivity contribution in [3.8, 4) is 0 Å². The smallest absolute Gasteiger partial charge is 0.227 e. The number of nitrogens with zero attached hydrogens (tertiary/aromatic N) is 3. The molecule has 1 heterocycles. The largest absolute Gasteiger partial charge is 0.375 e. The number of amides is 1. The summed E-state index contributed by atoms with van der Waals surface area (Å²) >= 11 is 1.62. The fourth-order valence-corrected chi connectivity index (χ4v) is 4.14. The maximum Gasteiger partial charge on any atom is 0.227 e. The molecule has 2 aromatic rings. The number of aliphatic imine (C=N–C) groups is 1. The maximum absolute atomic E-state index is 12.2. The topological polar surface area (TPSA) is 78.9 Å². The molecule has 0 saturated heterocycles.